The van der Waals surface area contributed by atoms with E-state index < -0.39 is 0 Å². The number of fused-ring (bicyclic) bond motifs is 1. The van der Waals surface area contributed by atoms with Crippen molar-refractivity contribution in [2.75, 3.05) is 0 Å². The average molecular weight is 294 g/mol. The molecule has 1 aliphatic heterocycles. The predicted octanol–water partition coefficient (Wildman–Crippen LogP) is 3.00. The van der Waals surface area contributed by atoms with Crippen LogP contribution >= 0.6 is 11.8 Å². The van der Waals surface area contributed by atoms with Crippen LogP contribution < -0.4 is 5.73 Å². The van der Waals surface area contributed by atoms with Crippen molar-refractivity contribution in [1.82, 2.24) is 14.8 Å². The van der Waals surface area contributed by atoms with Gasteiger partial charge in [0.15, 0.2) is 5.16 Å². The molecule has 1 aromatic rings. The minimum Gasteiger partial charge on any atom is -0.327 e. The summed E-state index contributed by atoms with van der Waals surface area (Å²) in [6, 6.07) is 0.298. The van der Waals surface area contributed by atoms with Gasteiger partial charge in [-0.05, 0) is 37.5 Å². The van der Waals surface area contributed by atoms with Crippen LogP contribution in [0.1, 0.15) is 58.2 Å². The van der Waals surface area contributed by atoms with Crippen LogP contribution in [-0.4, -0.2) is 26.1 Å². The van der Waals surface area contributed by atoms with Crippen molar-refractivity contribution in [3.8, 4) is 0 Å². The molecular formula is C15H26N4S. The second-order valence-corrected chi connectivity index (χ2v) is 8.29. The Morgan fingerprint density at radius 2 is 2.10 bits per heavy atom. The Bertz CT molecular complexity index is 468. The van der Waals surface area contributed by atoms with Gasteiger partial charge in [0.05, 0.1) is 0 Å². The van der Waals surface area contributed by atoms with Gasteiger partial charge in [-0.25, -0.2) is 0 Å². The lowest BCUT2D eigenvalue weighted by molar-refractivity contribution is 0.232. The molecule has 1 aromatic heterocycles. The standard InChI is InChI=1S/C15H26N4S/c1-15(2)8-7-11(16)12(10-15)20-14-18-17-13-6-4-3-5-9-19(13)14/h11-12H,3-10,16H2,1-2H3. The van der Waals surface area contributed by atoms with E-state index >= 15 is 0 Å². The van der Waals surface area contributed by atoms with Crippen LogP contribution in [0.5, 0.6) is 0 Å². The highest BCUT2D eigenvalue weighted by Gasteiger charge is 2.34. The van der Waals surface area contributed by atoms with E-state index in [9.17, 15) is 0 Å². The van der Waals surface area contributed by atoms with E-state index in [-0.39, 0.29) is 0 Å². The minimum absolute atomic E-state index is 0.298. The van der Waals surface area contributed by atoms with Crippen molar-refractivity contribution in [1.29, 1.82) is 0 Å². The molecule has 2 unspecified atom stereocenters. The maximum atomic E-state index is 6.35. The molecule has 5 heteroatoms. The van der Waals surface area contributed by atoms with Crippen molar-refractivity contribution < 1.29 is 0 Å². The zero-order valence-corrected chi connectivity index (χ0v) is 13.5. The fourth-order valence-corrected chi connectivity index (χ4v) is 4.88. The van der Waals surface area contributed by atoms with Crippen molar-refractivity contribution in [2.24, 2.45) is 11.1 Å². The van der Waals surface area contributed by atoms with Crippen LogP contribution in [0.4, 0.5) is 0 Å². The van der Waals surface area contributed by atoms with E-state index in [0.717, 1.165) is 24.5 Å². The molecular weight excluding hydrogens is 268 g/mol. The summed E-state index contributed by atoms with van der Waals surface area (Å²) in [6.45, 7) is 5.80. The van der Waals surface area contributed by atoms with E-state index in [0.29, 0.717) is 16.7 Å². The lowest BCUT2D eigenvalue weighted by Gasteiger charge is -2.38. The minimum atomic E-state index is 0.298. The quantitative estimate of drug-likeness (QED) is 0.911. The van der Waals surface area contributed by atoms with Gasteiger partial charge >= 0.3 is 0 Å². The number of aromatic nitrogens is 3. The Hall–Kier alpha value is -0.550. The Labute approximate surface area is 125 Å². The molecule has 0 bridgehead atoms. The van der Waals surface area contributed by atoms with Gasteiger partial charge in [-0.3, -0.25) is 0 Å². The van der Waals surface area contributed by atoms with Crippen molar-refractivity contribution >= 4 is 11.8 Å². The predicted molar refractivity (Wildman–Crippen MR) is 82.8 cm³/mol. The van der Waals surface area contributed by atoms with Gasteiger partial charge in [0.2, 0.25) is 0 Å². The molecule has 0 spiro atoms. The van der Waals surface area contributed by atoms with E-state index in [1.54, 1.807) is 0 Å². The maximum absolute atomic E-state index is 6.35. The summed E-state index contributed by atoms with van der Waals surface area (Å²) in [6.07, 6.45) is 8.44. The summed E-state index contributed by atoms with van der Waals surface area (Å²) in [4.78, 5) is 0. The zero-order valence-electron chi connectivity index (χ0n) is 12.6. The van der Waals surface area contributed by atoms with Gasteiger partial charge in [0.25, 0.3) is 0 Å². The Morgan fingerprint density at radius 3 is 2.95 bits per heavy atom. The first kappa shape index (κ1) is 14.4. The molecule has 4 nitrogen and oxygen atoms in total. The second-order valence-electron chi connectivity index (χ2n) is 7.09. The molecule has 1 saturated carbocycles. The van der Waals surface area contributed by atoms with Crippen molar-refractivity contribution in [3.05, 3.63) is 5.82 Å². The number of hydrogen-bond donors (Lipinski definition) is 1. The molecule has 2 aliphatic rings. The number of nitrogens with zero attached hydrogens (tertiary/aromatic N) is 3. The Balaban J connectivity index is 1.75. The molecule has 2 heterocycles. The SMILES string of the molecule is CC1(C)CCC(N)C(Sc2nnc3n2CCCCC3)C1. The van der Waals surface area contributed by atoms with Gasteiger partial charge in [0.1, 0.15) is 5.82 Å². The molecule has 0 aromatic carbocycles. The Kier molecular flexibility index (Phi) is 4.09. The van der Waals surface area contributed by atoms with Crippen LogP contribution in [0.3, 0.4) is 0 Å². The fraction of sp³-hybridized carbons (Fsp3) is 0.867. The third-order valence-corrected chi connectivity index (χ3v) is 6.05. The topological polar surface area (TPSA) is 56.7 Å². The van der Waals surface area contributed by atoms with E-state index in [4.69, 9.17) is 5.73 Å². The normalized spacial score (nSPS) is 29.8. The fourth-order valence-electron chi connectivity index (χ4n) is 3.35. The van der Waals surface area contributed by atoms with Gasteiger partial charge in [-0.1, -0.05) is 32.0 Å². The monoisotopic (exact) mass is 294 g/mol. The lowest BCUT2D eigenvalue weighted by atomic mass is 9.75. The number of nitrogens with two attached hydrogens (primary N) is 1. The summed E-state index contributed by atoms with van der Waals surface area (Å²) in [5, 5.41) is 10.4. The summed E-state index contributed by atoms with van der Waals surface area (Å²) < 4.78 is 2.34. The van der Waals surface area contributed by atoms with E-state index in [1.807, 2.05) is 11.8 Å². The van der Waals surface area contributed by atoms with E-state index in [2.05, 4.69) is 28.6 Å². The third-order valence-electron chi connectivity index (χ3n) is 4.72. The average Bonchev–Trinajstić information content (AvgIpc) is 2.62. The van der Waals surface area contributed by atoms with Gasteiger partial charge in [0, 0.05) is 24.3 Å². The molecule has 1 aliphatic carbocycles. The molecule has 1 fully saturated rings. The molecule has 3 rings (SSSR count). The van der Waals surface area contributed by atoms with Crippen LogP contribution in [-0.2, 0) is 13.0 Å². The summed E-state index contributed by atoms with van der Waals surface area (Å²) in [5.74, 6) is 1.17. The van der Waals surface area contributed by atoms with Gasteiger partial charge < -0.3 is 10.3 Å². The largest absolute Gasteiger partial charge is 0.327 e. The number of aryl methyl sites for hydroxylation is 1. The number of thioether (sulfide) groups is 1. The first-order valence-electron chi connectivity index (χ1n) is 7.89. The summed E-state index contributed by atoms with van der Waals surface area (Å²) >= 11 is 1.87. The van der Waals surface area contributed by atoms with Crippen LogP contribution in [0.15, 0.2) is 5.16 Å². The highest BCUT2D eigenvalue weighted by Crippen LogP contribution is 2.41. The van der Waals surface area contributed by atoms with Crippen molar-refractivity contribution in [2.45, 2.75) is 81.8 Å². The molecule has 20 heavy (non-hydrogen) atoms. The van der Waals surface area contributed by atoms with Crippen LogP contribution in [0.2, 0.25) is 0 Å². The van der Waals surface area contributed by atoms with E-state index in [1.165, 1.54) is 37.9 Å². The molecule has 112 valence electrons. The smallest absolute Gasteiger partial charge is 0.191 e. The lowest BCUT2D eigenvalue weighted by Crippen LogP contribution is -2.41. The zero-order chi connectivity index (χ0) is 14.2. The van der Waals surface area contributed by atoms with Crippen molar-refractivity contribution in [3.63, 3.8) is 0 Å². The molecule has 0 amide bonds. The maximum Gasteiger partial charge on any atom is 0.191 e. The summed E-state index contributed by atoms with van der Waals surface area (Å²) in [5.41, 5.74) is 6.76. The van der Waals surface area contributed by atoms with Crippen LogP contribution in [0, 0.1) is 5.41 Å². The van der Waals surface area contributed by atoms with Gasteiger partial charge in [-0.2, -0.15) is 0 Å². The molecule has 2 N–H and O–H groups in total. The van der Waals surface area contributed by atoms with Crippen LogP contribution in [0.25, 0.3) is 0 Å². The summed E-state index contributed by atoms with van der Waals surface area (Å²) in [7, 11) is 0. The van der Waals surface area contributed by atoms with Gasteiger partial charge in [-0.15, -0.1) is 10.2 Å². The Morgan fingerprint density at radius 1 is 1.25 bits per heavy atom. The number of hydrogen-bond acceptors (Lipinski definition) is 4. The second kappa shape index (κ2) is 5.68. The first-order chi connectivity index (χ1) is 9.55. The third kappa shape index (κ3) is 3.03. The molecule has 2 atom stereocenters. The highest BCUT2D eigenvalue weighted by molar-refractivity contribution is 7.99. The number of rotatable bonds is 2. The molecule has 0 saturated heterocycles. The highest BCUT2D eigenvalue weighted by atomic mass is 32.2. The molecule has 0 radical (unpaired) electrons. The first-order valence-corrected chi connectivity index (χ1v) is 8.77.